The quantitative estimate of drug-likeness (QED) is 0.475. The van der Waals surface area contributed by atoms with Crippen molar-refractivity contribution in [2.45, 2.75) is 0 Å². The number of benzene rings is 2. The number of rotatable bonds is 5. The molecule has 1 fully saturated rings. The summed E-state index contributed by atoms with van der Waals surface area (Å²) in [6.07, 6.45) is 0. The third-order valence-electron chi connectivity index (χ3n) is 5.55. The Balaban J connectivity index is 1.28. The van der Waals surface area contributed by atoms with Crippen LogP contribution < -0.4 is 5.32 Å². The molecule has 4 rings (SSSR count). The number of aromatic nitrogens is 2. The van der Waals surface area contributed by atoms with Gasteiger partial charge in [0, 0.05) is 37.3 Å². The summed E-state index contributed by atoms with van der Waals surface area (Å²) in [5, 5.41) is 19.0. The van der Waals surface area contributed by atoms with Crippen LogP contribution >= 0.6 is 0 Å². The van der Waals surface area contributed by atoms with Crippen molar-refractivity contribution in [2.75, 3.05) is 32.7 Å². The highest BCUT2D eigenvalue weighted by Gasteiger charge is 2.26. The fourth-order valence-corrected chi connectivity index (χ4v) is 3.65. The van der Waals surface area contributed by atoms with Gasteiger partial charge in [0.05, 0.1) is 12.2 Å². The molecule has 1 aliphatic heterocycles. The molecule has 9 nitrogen and oxygen atoms in total. The molecule has 12 heteroatoms. The predicted octanol–water partition coefficient (Wildman–Crippen LogP) is 1.91. The first-order valence-electron chi connectivity index (χ1n) is 10.6. The lowest BCUT2D eigenvalue weighted by Gasteiger charge is -2.34. The minimum atomic E-state index is -1.65. The largest absolute Gasteiger partial charge is 0.507 e. The number of phenolic OH excluding ortho intramolecular Hbond substituents is 1. The fourth-order valence-electron chi connectivity index (χ4n) is 3.65. The van der Waals surface area contributed by atoms with E-state index in [-0.39, 0.29) is 55.6 Å². The molecule has 2 heterocycles. The van der Waals surface area contributed by atoms with Gasteiger partial charge in [-0.15, -0.1) is 0 Å². The van der Waals surface area contributed by atoms with Crippen molar-refractivity contribution in [1.82, 2.24) is 25.3 Å². The second kappa shape index (κ2) is 9.87. The number of para-hydroxylation sites is 1. The zero-order valence-electron chi connectivity index (χ0n) is 18.2. The number of carbonyl (C=O) groups is 3. The molecule has 3 aromatic rings. The summed E-state index contributed by atoms with van der Waals surface area (Å²) in [6.45, 7) is 0.196. The molecule has 0 spiro atoms. The number of H-pyrrole nitrogens is 1. The van der Waals surface area contributed by atoms with E-state index in [4.69, 9.17) is 0 Å². The van der Waals surface area contributed by atoms with E-state index in [1.165, 1.54) is 21.9 Å². The Labute approximate surface area is 197 Å². The molecule has 182 valence electrons. The number of hydrogen-bond acceptors (Lipinski definition) is 5. The Bertz CT molecular complexity index is 1260. The Kier molecular flexibility index (Phi) is 6.71. The first-order valence-corrected chi connectivity index (χ1v) is 10.6. The summed E-state index contributed by atoms with van der Waals surface area (Å²) in [4.78, 5) is 40.1. The zero-order chi connectivity index (χ0) is 25.1. The van der Waals surface area contributed by atoms with E-state index in [2.05, 4.69) is 15.5 Å². The smallest absolute Gasteiger partial charge is 0.269 e. The average molecular weight is 487 g/mol. The number of amides is 3. The van der Waals surface area contributed by atoms with E-state index in [9.17, 15) is 32.7 Å². The lowest BCUT2D eigenvalue weighted by molar-refractivity contribution is -0.131. The minimum Gasteiger partial charge on any atom is -0.507 e. The van der Waals surface area contributed by atoms with Gasteiger partial charge < -0.3 is 20.2 Å². The zero-order valence-corrected chi connectivity index (χ0v) is 18.2. The fraction of sp³-hybridized carbons (Fsp3) is 0.217. The predicted molar refractivity (Wildman–Crippen MR) is 117 cm³/mol. The van der Waals surface area contributed by atoms with Crippen molar-refractivity contribution in [3.05, 3.63) is 71.2 Å². The maximum absolute atomic E-state index is 13.4. The molecule has 3 amide bonds. The number of aromatic hydroxyl groups is 1. The Morgan fingerprint density at radius 3 is 2.26 bits per heavy atom. The van der Waals surface area contributed by atoms with Crippen LogP contribution in [-0.4, -0.2) is 75.5 Å². The van der Waals surface area contributed by atoms with Crippen molar-refractivity contribution < 1.29 is 32.7 Å². The van der Waals surface area contributed by atoms with Gasteiger partial charge in [0.2, 0.25) is 5.91 Å². The lowest BCUT2D eigenvalue weighted by atomic mass is 10.1. The van der Waals surface area contributed by atoms with Gasteiger partial charge in [-0.25, -0.2) is 13.2 Å². The third kappa shape index (κ3) is 5.10. The lowest BCUT2D eigenvalue weighted by Crippen LogP contribution is -2.52. The third-order valence-corrected chi connectivity index (χ3v) is 5.55. The summed E-state index contributed by atoms with van der Waals surface area (Å²) in [7, 11) is 0. The number of carbonyl (C=O) groups excluding carboxylic acids is 3. The maximum Gasteiger partial charge on any atom is 0.269 e. The number of nitrogens with zero attached hydrogens (tertiary/aromatic N) is 3. The normalized spacial score (nSPS) is 13.6. The highest BCUT2D eigenvalue weighted by Crippen LogP contribution is 2.27. The number of aromatic amines is 1. The van der Waals surface area contributed by atoms with E-state index in [0.29, 0.717) is 23.4 Å². The first kappa shape index (κ1) is 23.8. The summed E-state index contributed by atoms with van der Waals surface area (Å²) in [6, 6.07) is 9.21. The van der Waals surface area contributed by atoms with Crippen molar-refractivity contribution in [1.29, 1.82) is 0 Å². The molecule has 0 unspecified atom stereocenters. The van der Waals surface area contributed by atoms with Crippen molar-refractivity contribution >= 4 is 17.7 Å². The monoisotopic (exact) mass is 487 g/mol. The van der Waals surface area contributed by atoms with Crippen LogP contribution in [0.3, 0.4) is 0 Å². The van der Waals surface area contributed by atoms with Crippen molar-refractivity contribution in [2.24, 2.45) is 0 Å². The van der Waals surface area contributed by atoms with Crippen LogP contribution in [0.1, 0.15) is 20.8 Å². The molecule has 0 saturated carbocycles. The number of phenols is 1. The van der Waals surface area contributed by atoms with Gasteiger partial charge in [-0.3, -0.25) is 19.5 Å². The molecular formula is C23H20F3N5O4. The second-order valence-electron chi connectivity index (χ2n) is 7.79. The number of piperazine rings is 1. The first-order chi connectivity index (χ1) is 16.7. The van der Waals surface area contributed by atoms with Gasteiger partial charge >= 0.3 is 0 Å². The molecule has 1 aromatic heterocycles. The van der Waals surface area contributed by atoms with Gasteiger partial charge in [0.25, 0.3) is 11.8 Å². The van der Waals surface area contributed by atoms with Crippen LogP contribution in [0.25, 0.3) is 11.3 Å². The molecule has 0 bridgehead atoms. The van der Waals surface area contributed by atoms with Crippen LogP contribution in [-0.2, 0) is 4.79 Å². The van der Waals surface area contributed by atoms with E-state index >= 15 is 0 Å². The number of hydrogen-bond donors (Lipinski definition) is 3. The van der Waals surface area contributed by atoms with E-state index in [1.54, 1.807) is 18.2 Å². The maximum atomic E-state index is 13.4. The molecule has 0 radical (unpaired) electrons. The molecule has 1 aliphatic rings. The van der Waals surface area contributed by atoms with Crippen LogP contribution in [0.15, 0.2) is 42.5 Å². The molecule has 0 atom stereocenters. The minimum absolute atomic E-state index is 0.00783. The standard InChI is InChI=1S/C23H20F3N5O4/c24-15-9-13(10-16(25)21(15)26)23(35)31-7-5-30(6-8-31)20(33)12-27-22(34)18-11-17(28-29-18)14-3-1-2-4-19(14)32/h1-4,9-11,32H,5-8,12H2,(H,27,34)(H,28,29). The molecule has 2 aromatic carbocycles. The molecule has 0 aliphatic carbocycles. The topological polar surface area (TPSA) is 119 Å². The molecule has 3 N–H and O–H groups in total. The van der Waals surface area contributed by atoms with Crippen LogP contribution in [0, 0.1) is 17.5 Å². The van der Waals surface area contributed by atoms with Gasteiger partial charge in [0.15, 0.2) is 17.5 Å². The van der Waals surface area contributed by atoms with Gasteiger partial charge in [-0.1, -0.05) is 12.1 Å². The Morgan fingerprint density at radius 1 is 0.971 bits per heavy atom. The van der Waals surface area contributed by atoms with Gasteiger partial charge in [-0.2, -0.15) is 5.10 Å². The summed E-state index contributed by atoms with van der Waals surface area (Å²) < 4.78 is 40.0. The Hall–Kier alpha value is -4.35. The highest BCUT2D eigenvalue weighted by molar-refractivity contribution is 5.96. The van der Waals surface area contributed by atoms with Gasteiger partial charge in [-0.05, 0) is 30.3 Å². The van der Waals surface area contributed by atoms with Gasteiger partial charge in [0.1, 0.15) is 11.4 Å². The van der Waals surface area contributed by atoms with Crippen LogP contribution in [0.4, 0.5) is 13.2 Å². The van der Waals surface area contributed by atoms with Crippen molar-refractivity contribution in [3.63, 3.8) is 0 Å². The molecule has 1 saturated heterocycles. The van der Waals surface area contributed by atoms with E-state index < -0.39 is 29.3 Å². The highest BCUT2D eigenvalue weighted by atomic mass is 19.2. The Morgan fingerprint density at radius 2 is 1.60 bits per heavy atom. The van der Waals surface area contributed by atoms with Crippen molar-refractivity contribution in [3.8, 4) is 17.0 Å². The SMILES string of the molecule is O=C(NCC(=O)N1CCN(C(=O)c2cc(F)c(F)c(F)c2)CC1)c1cc(-c2ccccc2O)n[nH]1. The summed E-state index contributed by atoms with van der Waals surface area (Å²) >= 11 is 0. The summed E-state index contributed by atoms with van der Waals surface area (Å²) in [5.74, 6) is -6.18. The number of halogens is 3. The van der Waals surface area contributed by atoms with Crippen LogP contribution in [0.2, 0.25) is 0 Å². The average Bonchev–Trinajstić information content (AvgIpc) is 3.35. The summed E-state index contributed by atoms with van der Waals surface area (Å²) in [5.41, 5.74) is 0.583. The van der Waals surface area contributed by atoms with E-state index in [0.717, 1.165) is 0 Å². The number of nitrogens with one attached hydrogen (secondary N) is 2. The molecule has 35 heavy (non-hydrogen) atoms. The van der Waals surface area contributed by atoms with Crippen LogP contribution in [0.5, 0.6) is 5.75 Å². The molecular weight excluding hydrogens is 467 g/mol. The second-order valence-corrected chi connectivity index (χ2v) is 7.79. The van der Waals surface area contributed by atoms with E-state index in [1.807, 2.05) is 0 Å².